The maximum absolute atomic E-state index is 13.4. The van der Waals surface area contributed by atoms with Crippen LogP contribution < -0.4 is 5.73 Å². The molecule has 0 saturated carbocycles. The molecule has 0 aliphatic carbocycles. The third kappa shape index (κ3) is 2.09. The molecule has 1 nitrogen and oxygen atoms in total. The highest BCUT2D eigenvalue weighted by molar-refractivity contribution is 9.10. The van der Waals surface area contributed by atoms with Gasteiger partial charge in [0.15, 0.2) is 0 Å². The molecule has 0 atom stereocenters. The summed E-state index contributed by atoms with van der Waals surface area (Å²) in [5.41, 5.74) is 5.91. The van der Waals surface area contributed by atoms with E-state index in [-0.39, 0.29) is 11.2 Å². The van der Waals surface area contributed by atoms with Gasteiger partial charge in [-0.15, -0.1) is 0 Å². The molecule has 1 aromatic carbocycles. The van der Waals surface area contributed by atoms with Crippen molar-refractivity contribution in [3.63, 3.8) is 0 Å². The number of hydrogen-bond acceptors (Lipinski definition) is 1. The van der Waals surface area contributed by atoms with Crippen LogP contribution in [-0.4, -0.2) is 6.54 Å². The van der Waals surface area contributed by atoms with E-state index < -0.39 is 0 Å². The van der Waals surface area contributed by atoms with Crippen molar-refractivity contribution in [3.8, 4) is 0 Å². The summed E-state index contributed by atoms with van der Waals surface area (Å²) in [6, 6.07) is 4.96. The van der Waals surface area contributed by atoms with Gasteiger partial charge in [-0.25, -0.2) is 4.39 Å². The van der Waals surface area contributed by atoms with Crippen LogP contribution in [0.2, 0.25) is 0 Å². The van der Waals surface area contributed by atoms with Gasteiger partial charge >= 0.3 is 0 Å². The Kier molecular flexibility index (Phi) is 3.09. The molecule has 0 aromatic heterocycles. The summed E-state index contributed by atoms with van der Waals surface area (Å²) in [7, 11) is 0. The van der Waals surface area contributed by atoms with Gasteiger partial charge < -0.3 is 5.73 Å². The Hall–Kier alpha value is -0.410. The molecule has 0 spiro atoms. The second-order valence-corrected chi connectivity index (χ2v) is 4.54. The fourth-order valence-electron chi connectivity index (χ4n) is 1.25. The molecule has 0 radical (unpaired) electrons. The van der Waals surface area contributed by atoms with E-state index in [0.717, 1.165) is 4.47 Å². The van der Waals surface area contributed by atoms with Gasteiger partial charge in [-0.3, -0.25) is 0 Å². The van der Waals surface area contributed by atoms with Crippen LogP contribution in [0.1, 0.15) is 19.4 Å². The first-order valence-corrected chi connectivity index (χ1v) is 4.93. The van der Waals surface area contributed by atoms with Gasteiger partial charge in [0.2, 0.25) is 0 Å². The Labute approximate surface area is 86.3 Å². The molecule has 0 heterocycles. The first-order chi connectivity index (χ1) is 5.99. The second kappa shape index (κ2) is 3.76. The molecule has 72 valence electrons. The van der Waals surface area contributed by atoms with E-state index in [4.69, 9.17) is 5.73 Å². The van der Waals surface area contributed by atoms with Crippen molar-refractivity contribution in [1.29, 1.82) is 0 Å². The second-order valence-electron chi connectivity index (χ2n) is 3.68. The van der Waals surface area contributed by atoms with Crippen molar-refractivity contribution in [2.45, 2.75) is 19.3 Å². The minimum absolute atomic E-state index is 0.204. The minimum atomic E-state index is -0.329. The minimum Gasteiger partial charge on any atom is -0.330 e. The maximum Gasteiger partial charge on any atom is 0.128 e. The molecular formula is C10H13BrFN. The van der Waals surface area contributed by atoms with Gasteiger partial charge in [0.05, 0.1) is 0 Å². The van der Waals surface area contributed by atoms with Crippen LogP contribution in [0.3, 0.4) is 0 Å². The molecule has 0 fully saturated rings. The number of rotatable bonds is 2. The molecule has 0 saturated heterocycles. The lowest BCUT2D eigenvalue weighted by Gasteiger charge is -2.24. The zero-order valence-corrected chi connectivity index (χ0v) is 9.36. The standard InChI is InChI=1S/C10H13BrFN/c1-10(2,6-13)9-7(11)4-3-5-8(9)12/h3-5H,6,13H2,1-2H3. The molecule has 0 amide bonds. The summed E-state index contributed by atoms with van der Waals surface area (Å²) in [5.74, 6) is -0.204. The Morgan fingerprint density at radius 3 is 2.54 bits per heavy atom. The smallest absolute Gasteiger partial charge is 0.128 e. The van der Waals surface area contributed by atoms with Gasteiger partial charge in [0, 0.05) is 22.0 Å². The molecule has 0 aliphatic rings. The van der Waals surface area contributed by atoms with Crippen molar-refractivity contribution in [1.82, 2.24) is 0 Å². The first kappa shape index (κ1) is 10.7. The Morgan fingerprint density at radius 2 is 2.08 bits per heavy atom. The monoisotopic (exact) mass is 245 g/mol. The maximum atomic E-state index is 13.4. The largest absolute Gasteiger partial charge is 0.330 e. The summed E-state index contributed by atoms with van der Waals surface area (Å²) in [4.78, 5) is 0. The van der Waals surface area contributed by atoms with Crippen LogP contribution in [0, 0.1) is 5.82 Å². The highest BCUT2D eigenvalue weighted by Gasteiger charge is 2.24. The Balaban J connectivity index is 3.28. The summed E-state index contributed by atoms with van der Waals surface area (Å²) < 4.78 is 14.2. The summed E-state index contributed by atoms with van der Waals surface area (Å²) in [6.07, 6.45) is 0. The van der Waals surface area contributed by atoms with Crippen LogP contribution in [0.5, 0.6) is 0 Å². The topological polar surface area (TPSA) is 26.0 Å². The third-order valence-corrected chi connectivity index (χ3v) is 2.81. The predicted molar refractivity (Wildman–Crippen MR) is 56.2 cm³/mol. The Bertz CT molecular complexity index is 290. The molecule has 1 aromatic rings. The lowest BCUT2D eigenvalue weighted by atomic mass is 9.84. The normalized spacial score (nSPS) is 11.8. The van der Waals surface area contributed by atoms with Crippen molar-refractivity contribution in [3.05, 3.63) is 34.1 Å². The van der Waals surface area contributed by atoms with Crippen LogP contribution in [0.15, 0.2) is 22.7 Å². The predicted octanol–water partition coefficient (Wildman–Crippen LogP) is 2.82. The van der Waals surface area contributed by atoms with Gasteiger partial charge in [-0.2, -0.15) is 0 Å². The number of hydrogen-bond donors (Lipinski definition) is 1. The average molecular weight is 246 g/mol. The van der Waals surface area contributed by atoms with E-state index in [1.807, 2.05) is 19.9 Å². The van der Waals surface area contributed by atoms with E-state index in [2.05, 4.69) is 15.9 Å². The summed E-state index contributed by atoms with van der Waals surface area (Å²) in [6.45, 7) is 4.28. The highest BCUT2D eigenvalue weighted by Crippen LogP contribution is 2.31. The zero-order valence-electron chi connectivity index (χ0n) is 7.77. The SMILES string of the molecule is CC(C)(CN)c1c(F)cccc1Br. The van der Waals surface area contributed by atoms with Crippen molar-refractivity contribution in [2.75, 3.05) is 6.54 Å². The summed E-state index contributed by atoms with van der Waals surface area (Å²) >= 11 is 3.33. The van der Waals surface area contributed by atoms with Crippen molar-refractivity contribution < 1.29 is 4.39 Å². The van der Waals surface area contributed by atoms with E-state index in [0.29, 0.717) is 12.1 Å². The average Bonchev–Trinajstić information content (AvgIpc) is 2.03. The number of benzene rings is 1. The Morgan fingerprint density at radius 1 is 1.46 bits per heavy atom. The van der Waals surface area contributed by atoms with E-state index in [9.17, 15) is 4.39 Å². The third-order valence-electron chi connectivity index (χ3n) is 2.15. The fraction of sp³-hybridized carbons (Fsp3) is 0.400. The highest BCUT2D eigenvalue weighted by atomic mass is 79.9. The molecule has 0 bridgehead atoms. The lowest BCUT2D eigenvalue weighted by Crippen LogP contribution is -2.29. The van der Waals surface area contributed by atoms with Crippen molar-refractivity contribution >= 4 is 15.9 Å². The molecule has 1 rings (SSSR count). The molecule has 3 heteroatoms. The quantitative estimate of drug-likeness (QED) is 0.853. The van der Waals surface area contributed by atoms with Gasteiger partial charge in [-0.1, -0.05) is 35.8 Å². The number of nitrogens with two attached hydrogens (primary N) is 1. The lowest BCUT2D eigenvalue weighted by molar-refractivity contribution is 0.490. The van der Waals surface area contributed by atoms with Gasteiger partial charge in [0.25, 0.3) is 0 Å². The summed E-state index contributed by atoms with van der Waals surface area (Å²) in [5, 5.41) is 0. The molecule has 2 N–H and O–H groups in total. The van der Waals surface area contributed by atoms with E-state index in [1.165, 1.54) is 6.07 Å². The van der Waals surface area contributed by atoms with E-state index in [1.54, 1.807) is 6.07 Å². The van der Waals surface area contributed by atoms with E-state index >= 15 is 0 Å². The molecular weight excluding hydrogens is 233 g/mol. The van der Waals surface area contributed by atoms with Gasteiger partial charge in [0.1, 0.15) is 5.82 Å². The van der Waals surface area contributed by atoms with Crippen LogP contribution >= 0.6 is 15.9 Å². The van der Waals surface area contributed by atoms with Crippen LogP contribution in [0.4, 0.5) is 4.39 Å². The molecule has 0 unspecified atom stereocenters. The van der Waals surface area contributed by atoms with Crippen molar-refractivity contribution in [2.24, 2.45) is 5.73 Å². The first-order valence-electron chi connectivity index (χ1n) is 4.13. The molecule has 0 aliphatic heterocycles. The number of halogens is 2. The fourth-order valence-corrected chi connectivity index (χ4v) is 2.13. The molecule has 13 heavy (non-hydrogen) atoms. The van der Waals surface area contributed by atoms with Gasteiger partial charge in [-0.05, 0) is 12.1 Å². The van der Waals surface area contributed by atoms with Crippen LogP contribution in [0.25, 0.3) is 0 Å². The van der Waals surface area contributed by atoms with Crippen LogP contribution in [-0.2, 0) is 5.41 Å². The zero-order chi connectivity index (χ0) is 10.1.